The van der Waals surface area contributed by atoms with E-state index in [0.29, 0.717) is 0 Å². The maximum Gasteiger partial charge on any atom is 0.0524 e. The Bertz CT molecular complexity index is 236. The molecular formula is C9H14N2OS. The molecule has 1 heterocycles. The molecule has 0 saturated heterocycles. The van der Waals surface area contributed by atoms with Crippen molar-refractivity contribution in [3.05, 3.63) is 27.3 Å². The lowest BCUT2D eigenvalue weighted by molar-refractivity contribution is 0.289. The van der Waals surface area contributed by atoms with E-state index in [4.69, 9.17) is 0 Å². The van der Waals surface area contributed by atoms with Crippen molar-refractivity contribution < 1.29 is 0 Å². The van der Waals surface area contributed by atoms with Crippen molar-refractivity contribution in [3.8, 4) is 0 Å². The molecule has 1 aromatic heterocycles. The highest BCUT2D eigenvalue weighted by Crippen LogP contribution is 2.09. The van der Waals surface area contributed by atoms with Crippen LogP contribution in [0, 0.1) is 4.91 Å². The highest BCUT2D eigenvalue weighted by molar-refractivity contribution is 7.09. The van der Waals surface area contributed by atoms with E-state index in [2.05, 4.69) is 11.4 Å². The largest absolute Gasteiger partial charge is 0.261 e. The average molecular weight is 198 g/mol. The van der Waals surface area contributed by atoms with Crippen LogP contribution in [0.15, 0.2) is 22.8 Å². The van der Waals surface area contributed by atoms with E-state index < -0.39 is 0 Å². The lowest BCUT2D eigenvalue weighted by Gasteiger charge is -2.12. The molecule has 1 aromatic rings. The van der Waals surface area contributed by atoms with Crippen LogP contribution in [0.5, 0.6) is 0 Å². The van der Waals surface area contributed by atoms with E-state index in [1.807, 2.05) is 18.4 Å². The highest BCUT2D eigenvalue weighted by Gasteiger charge is 2.01. The zero-order valence-electron chi connectivity index (χ0n) is 7.77. The van der Waals surface area contributed by atoms with E-state index >= 15 is 0 Å². The zero-order chi connectivity index (χ0) is 9.52. The van der Waals surface area contributed by atoms with Crippen molar-refractivity contribution in [1.82, 2.24) is 5.01 Å². The van der Waals surface area contributed by atoms with E-state index in [0.717, 1.165) is 25.9 Å². The number of hydrogen-bond donors (Lipinski definition) is 0. The lowest BCUT2D eigenvalue weighted by atomic mass is 10.3. The maximum absolute atomic E-state index is 10.3. The number of nitroso groups, excluding NO2 is 1. The second kappa shape index (κ2) is 5.70. The molecule has 0 aliphatic carbocycles. The number of hydrogen-bond acceptors (Lipinski definition) is 3. The Hall–Kier alpha value is -0.900. The van der Waals surface area contributed by atoms with Gasteiger partial charge in [0.1, 0.15) is 0 Å². The van der Waals surface area contributed by atoms with Gasteiger partial charge in [0, 0.05) is 24.4 Å². The first-order valence-electron chi connectivity index (χ1n) is 4.47. The van der Waals surface area contributed by atoms with Gasteiger partial charge < -0.3 is 0 Å². The van der Waals surface area contributed by atoms with Crippen LogP contribution < -0.4 is 0 Å². The topological polar surface area (TPSA) is 32.7 Å². The fourth-order valence-corrected chi connectivity index (χ4v) is 1.84. The van der Waals surface area contributed by atoms with E-state index in [-0.39, 0.29) is 0 Å². The molecule has 72 valence electrons. The van der Waals surface area contributed by atoms with Gasteiger partial charge in [-0.2, -0.15) is 0 Å². The molecule has 0 fully saturated rings. The summed E-state index contributed by atoms with van der Waals surface area (Å²) in [4.78, 5) is 11.6. The fourth-order valence-electron chi connectivity index (χ4n) is 1.15. The van der Waals surface area contributed by atoms with Gasteiger partial charge in [0.05, 0.1) is 5.29 Å². The molecule has 1 rings (SSSR count). The van der Waals surface area contributed by atoms with Gasteiger partial charge in [-0.3, -0.25) is 5.01 Å². The molecule has 0 atom stereocenters. The molecule has 0 aliphatic heterocycles. The highest BCUT2D eigenvalue weighted by atomic mass is 32.1. The third-order valence-electron chi connectivity index (χ3n) is 1.79. The predicted octanol–water partition coefficient (Wildman–Crippen LogP) is 2.68. The van der Waals surface area contributed by atoms with Gasteiger partial charge in [-0.15, -0.1) is 16.2 Å². The molecule has 0 amide bonds. The van der Waals surface area contributed by atoms with Crippen molar-refractivity contribution in [2.24, 2.45) is 5.29 Å². The Labute approximate surface area is 82.3 Å². The third-order valence-corrected chi connectivity index (χ3v) is 2.73. The molecule has 0 aliphatic rings. The Morgan fingerprint density at radius 1 is 1.54 bits per heavy atom. The quantitative estimate of drug-likeness (QED) is 0.520. The molecular weight excluding hydrogens is 184 g/mol. The first kappa shape index (κ1) is 10.2. The Morgan fingerprint density at radius 2 is 2.38 bits per heavy atom. The normalized spacial score (nSPS) is 9.92. The van der Waals surface area contributed by atoms with Crippen LogP contribution in [0.4, 0.5) is 0 Å². The van der Waals surface area contributed by atoms with Crippen LogP contribution in [0.1, 0.15) is 18.2 Å². The summed E-state index contributed by atoms with van der Waals surface area (Å²) in [5.74, 6) is 0. The summed E-state index contributed by atoms with van der Waals surface area (Å²) in [6.45, 7) is 3.54. The Kier molecular flexibility index (Phi) is 4.46. The Morgan fingerprint density at radius 3 is 2.92 bits per heavy atom. The van der Waals surface area contributed by atoms with Gasteiger partial charge in [0.25, 0.3) is 0 Å². The number of thiophene rings is 1. The molecule has 0 bridgehead atoms. The molecule has 0 N–H and O–H groups in total. The van der Waals surface area contributed by atoms with Crippen LogP contribution in [-0.2, 0) is 6.42 Å². The zero-order valence-corrected chi connectivity index (χ0v) is 8.59. The first-order chi connectivity index (χ1) is 6.36. The average Bonchev–Trinajstić information content (AvgIpc) is 2.64. The van der Waals surface area contributed by atoms with Crippen molar-refractivity contribution >= 4 is 11.3 Å². The van der Waals surface area contributed by atoms with Crippen LogP contribution in [-0.4, -0.2) is 18.1 Å². The van der Waals surface area contributed by atoms with Crippen LogP contribution in [0.3, 0.4) is 0 Å². The second-order valence-electron chi connectivity index (χ2n) is 2.86. The molecule has 0 aromatic carbocycles. The Balaban J connectivity index is 2.27. The number of rotatable bonds is 6. The van der Waals surface area contributed by atoms with Gasteiger partial charge in [-0.1, -0.05) is 13.0 Å². The lowest BCUT2D eigenvalue weighted by Crippen LogP contribution is -2.20. The fraction of sp³-hybridized carbons (Fsp3) is 0.556. The standard InChI is InChI=1S/C9H14N2OS/c1-2-6-11(10-12)7-5-9-4-3-8-13-9/h3-4,8H,2,5-7H2,1H3. The minimum Gasteiger partial charge on any atom is -0.261 e. The van der Waals surface area contributed by atoms with Crippen molar-refractivity contribution in [2.75, 3.05) is 13.1 Å². The molecule has 4 heteroatoms. The molecule has 3 nitrogen and oxygen atoms in total. The summed E-state index contributed by atoms with van der Waals surface area (Å²) >= 11 is 1.72. The predicted molar refractivity (Wildman–Crippen MR) is 55.7 cm³/mol. The second-order valence-corrected chi connectivity index (χ2v) is 3.90. The SMILES string of the molecule is CCCN(CCc1cccs1)N=O. The van der Waals surface area contributed by atoms with Gasteiger partial charge >= 0.3 is 0 Å². The van der Waals surface area contributed by atoms with Gasteiger partial charge in [-0.25, -0.2) is 0 Å². The summed E-state index contributed by atoms with van der Waals surface area (Å²) in [5, 5.41) is 6.60. The summed E-state index contributed by atoms with van der Waals surface area (Å²) in [5.41, 5.74) is 0. The van der Waals surface area contributed by atoms with Crippen LogP contribution >= 0.6 is 11.3 Å². The van der Waals surface area contributed by atoms with Crippen molar-refractivity contribution in [3.63, 3.8) is 0 Å². The van der Waals surface area contributed by atoms with Crippen LogP contribution in [0.25, 0.3) is 0 Å². The van der Waals surface area contributed by atoms with Crippen molar-refractivity contribution in [2.45, 2.75) is 19.8 Å². The molecule has 0 unspecified atom stereocenters. The third kappa shape index (κ3) is 3.55. The van der Waals surface area contributed by atoms with Gasteiger partial charge in [0.15, 0.2) is 0 Å². The van der Waals surface area contributed by atoms with E-state index in [9.17, 15) is 4.91 Å². The summed E-state index contributed by atoms with van der Waals surface area (Å²) in [7, 11) is 0. The molecule has 0 spiro atoms. The van der Waals surface area contributed by atoms with Gasteiger partial charge in [-0.05, 0) is 17.9 Å². The monoisotopic (exact) mass is 198 g/mol. The van der Waals surface area contributed by atoms with E-state index in [1.165, 1.54) is 4.88 Å². The minimum absolute atomic E-state index is 0.734. The minimum atomic E-state index is 0.734. The summed E-state index contributed by atoms with van der Waals surface area (Å²) < 4.78 is 0. The first-order valence-corrected chi connectivity index (χ1v) is 5.35. The maximum atomic E-state index is 10.3. The smallest absolute Gasteiger partial charge is 0.0524 e. The van der Waals surface area contributed by atoms with Crippen molar-refractivity contribution in [1.29, 1.82) is 0 Å². The number of nitrogens with zero attached hydrogens (tertiary/aromatic N) is 2. The summed E-state index contributed by atoms with van der Waals surface area (Å²) in [6, 6.07) is 4.11. The summed E-state index contributed by atoms with van der Waals surface area (Å²) in [6.07, 6.45) is 1.89. The van der Waals surface area contributed by atoms with Gasteiger partial charge in [0.2, 0.25) is 0 Å². The van der Waals surface area contributed by atoms with E-state index in [1.54, 1.807) is 16.3 Å². The molecule has 13 heavy (non-hydrogen) atoms. The molecule has 0 radical (unpaired) electrons. The van der Waals surface area contributed by atoms with Crippen LogP contribution in [0.2, 0.25) is 0 Å². The molecule has 0 saturated carbocycles.